The molecule has 0 bridgehead atoms. The smallest absolute Gasteiger partial charge is 0.466 e. The van der Waals surface area contributed by atoms with Gasteiger partial charge in [0.05, 0.1) is 12.7 Å². The molecule has 0 radical (unpaired) electrons. The molecule has 19 heavy (non-hydrogen) atoms. The Hall–Kier alpha value is -1.25. The number of esters is 1. The first-order valence-corrected chi connectivity index (χ1v) is 6.66. The van der Waals surface area contributed by atoms with Crippen LogP contribution in [0.25, 0.3) is 0 Å². The lowest BCUT2D eigenvalue weighted by Crippen LogP contribution is -2.28. The molecule has 0 aromatic carbocycles. The molecule has 110 valence electrons. The fourth-order valence-electron chi connectivity index (χ4n) is 1.71. The molecule has 0 aromatic rings. The highest BCUT2D eigenvalue weighted by atomic mass is 32.2. The second kappa shape index (κ2) is 4.69. The van der Waals surface area contributed by atoms with Crippen LogP contribution in [0, 0.1) is 5.41 Å². The highest BCUT2D eigenvalue weighted by Gasteiger charge is 2.51. The molecule has 1 rings (SSSR count). The van der Waals surface area contributed by atoms with Crippen LogP contribution in [0.3, 0.4) is 0 Å². The van der Waals surface area contributed by atoms with Gasteiger partial charge in [0.1, 0.15) is 5.76 Å². The quantitative estimate of drug-likeness (QED) is 0.453. The number of ether oxygens (including phenoxy) is 1. The maximum Gasteiger partial charge on any atom is 0.534 e. The Morgan fingerprint density at radius 3 is 2.26 bits per heavy atom. The van der Waals surface area contributed by atoms with Crippen LogP contribution in [0.4, 0.5) is 13.2 Å². The van der Waals surface area contributed by atoms with E-state index < -0.39 is 32.8 Å². The predicted octanol–water partition coefficient (Wildman–Crippen LogP) is 2.10. The van der Waals surface area contributed by atoms with Gasteiger partial charge in [-0.05, 0) is 12.8 Å². The third-order valence-corrected chi connectivity index (χ3v) is 3.75. The zero-order valence-electron chi connectivity index (χ0n) is 10.5. The van der Waals surface area contributed by atoms with Gasteiger partial charge in [-0.25, -0.2) is 4.79 Å². The summed E-state index contributed by atoms with van der Waals surface area (Å²) in [5.41, 5.74) is -6.71. The summed E-state index contributed by atoms with van der Waals surface area (Å²) in [5, 5.41) is 0. The summed E-state index contributed by atoms with van der Waals surface area (Å²) in [4.78, 5) is 11.4. The SMILES string of the molecule is COC(=O)C1=C(OS(=O)(=O)C(F)(F)F)C(C)(C)CC1. The lowest BCUT2D eigenvalue weighted by atomic mass is 9.92. The Balaban J connectivity index is 3.24. The molecule has 0 aliphatic heterocycles. The van der Waals surface area contributed by atoms with E-state index in [2.05, 4.69) is 8.92 Å². The fourth-order valence-corrected chi connectivity index (χ4v) is 2.35. The van der Waals surface area contributed by atoms with E-state index in [1.165, 1.54) is 13.8 Å². The van der Waals surface area contributed by atoms with Crippen molar-refractivity contribution in [2.24, 2.45) is 5.41 Å². The molecular weight excluding hydrogens is 289 g/mol. The van der Waals surface area contributed by atoms with E-state index >= 15 is 0 Å². The van der Waals surface area contributed by atoms with Gasteiger partial charge in [-0.3, -0.25) is 0 Å². The normalized spacial score (nSPS) is 19.5. The zero-order chi connectivity index (χ0) is 15.1. The van der Waals surface area contributed by atoms with Crippen molar-refractivity contribution in [1.82, 2.24) is 0 Å². The molecule has 9 heteroatoms. The van der Waals surface area contributed by atoms with Crippen LogP contribution in [0.15, 0.2) is 11.3 Å². The summed E-state index contributed by atoms with van der Waals surface area (Å²) >= 11 is 0. The van der Waals surface area contributed by atoms with Crippen molar-refractivity contribution in [2.45, 2.75) is 32.2 Å². The summed E-state index contributed by atoms with van der Waals surface area (Å²) in [6.07, 6.45) is 0.391. The number of carbonyl (C=O) groups excluding carboxylic acids is 1. The highest BCUT2D eigenvalue weighted by molar-refractivity contribution is 7.87. The van der Waals surface area contributed by atoms with Crippen molar-refractivity contribution in [3.8, 4) is 0 Å². The van der Waals surface area contributed by atoms with E-state index in [1.54, 1.807) is 0 Å². The number of methoxy groups -OCH3 is 1. The Morgan fingerprint density at radius 1 is 1.32 bits per heavy atom. The van der Waals surface area contributed by atoms with Gasteiger partial charge in [0.25, 0.3) is 0 Å². The van der Waals surface area contributed by atoms with Crippen molar-refractivity contribution in [3.05, 3.63) is 11.3 Å². The fraction of sp³-hybridized carbons (Fsp3) is 0.700. The number of hydrogen-bond acceptors (Lipinski definition) is 5. The minimum Gasteiger partial charge on any atom is -0.466 e. The van der Waals surface area contributed by atoms with E-state index in [1.807, 2.05) is 0 Å². The molecule has 0 atom stereocenters. The molecule has 0 N–H and O–H groups in total. The molecule has 0 saturated heterocycles. The van der Waals surface area contributed by atoms with Crippen molar-refractivity contribution in [1.29, 1.82) is 0 Å². The van der Waals surface area contributed by atoms with E-state index in [0.717, 1.165) is 7.11 Å². The number of allylic oxidation sites excluding steroid dienone is 1. The van der Waals surface area contributed by atoms with Gasteiger partial charge in [-0.15, -0.1) is 0 Å². The molecule has 0 unspecified atom stereocenters. The second-order valence-electron chi connectivity index (χ2n) is 4.67. The summed E-state index contributed by atoms with van der Waals surface area (Å²) in [7, 11) is -4.74. The van der Waals surface area contributed by atoms with Gasteiger partial charge < -0.3 is 8.92 Å². The topological polar surface area (TPSA) is 69.7 Å². The largest absolute Gasteiger partial charge is 0.534 e. The molecule has 0 saturated carbocycles. The number of alkyl halides is 3. The second-order valence-corrected chi connectivity index (χ2v) is 6.20. The number of halogens is 3. The molecule has 5 nitrogen and oxygen atoms in total. The van der Waals surface area contributed by atoms with E-state index in [9.17, 15) is 26.4 Å². The monoisotopic (exact) mass is 302 g/mol. The summed E-state index contributed by atoms with van der Waals surface area (Å²) < 4.78 is 67.5. The van der Waals surface area contributed by atoms with Gasteiger partial charge >= 0.3 is 21.6 Å². The third-order valence-electron chi connectivity index (χ3n) is 2.80. The summed E-state index contributed by atoms with van der Waals surface area (Å²) in [6, 6.07) is 0. The van der Waals surface area contributed by atoms with Gasteiger partial charge in [0.2, 0.25) is 0 Å². The third kappa shape index (κ3) is 3.02. The lowest BCUT2D eigenvalue weighted by Gasteiger charge is -2.22. The molecule has 0 amide bonds. The van der Waals surface area contributed by atoms with E-state index in [-0.39, 0.29) is 12.0 Å². The Kier molecular flexibility index (Phi) is 3.91. The number of rotatable bonds is 3. The number of hydrogen-bond donors (Lipinski definition) is 0. The van der Waals surface area contributed by atoms with Gasteiger partial charge in [0.15, 0.2) is 0 Å². The van der Waals surface area contributed by atoms with Crippen LogP contribution >= 0.6 is 0 Å². The van der Waals surface area contributed by atoms with Crippen LogP contribution in [-0.2, 0) is 23.8 Å². The standard InChI is InChI=1S/C10H13F3O5S/c1-9(2)5-4-6(8(14)17-3)7(9)18-19(15,16)10(11,12)13/h4-5H2,1-3H3. The summed E-state index contributed by atoms with van der Waals surface area (Å²) in [5.74, 6) is -1.39. The molecule has 0 heterocycles. The van der Waals surface area contributed by atoms with Crippen molar-refractivity contribution >= 4 is 16.1 Å². The molecular formula is C10H13F3O5S. The first-order valence-electron chi connectivity index (χ1n) is 5.25. The zero-order valence-corrected chi connectivity index (χ0v) is 11.3. The molecule has 1 aliphatic carbocycles. The minimum atomic E-state index is -5.79. The average molecular weight is 302 g/mol. The van der Waals surface area contributed by atoms with Gasteiger partial charge in [-0.1, -0.05) is 13.8 Å². The van der Waals surface area contributed by atoms with Gasteiger partial charge in [0, 0.05) is 5.41 Å². The first-order chi connectivity index (χ1) is 8.42. The Labute approximate surface area is 108 Å². The van der Waals surface area contributed by atoms with Crippen LogP contribution < -0.4 is 0 Å². The van der Waals surface area contributed by atoms with E-state index in [4.69, 9.17) is 0 Å². The predicted molar refractivity (Wildman–Crippen MR) is 58.1 cm³/mol. The first kappa shape index (κ1) is 15.8. The molecule has 0 fully saturated rings. The van der Waals surface area contributed by atoms with Crippen LogP contribution in [0.1, 0.15) is 26.7 Å². The highest BCUT2D eigenvalue weighted by Crippen LogP contribution is 2.45. The van der Waals surface area contributed by atoms with Crippen molar-refractivity contribution < 1.29 is 35.3 Å². The van der Waals surface area contributed by atoms with Crippen LogP contribution in [0.2, 0.25) is 0 Å². The molecule has 0 aromatic heterocycles. The Morgan fingerprint density at radius 2 is 1.84 bits per heavy atom. The van der Waals surface area contributed by atoms with Crippen LogP contribution in [-0.4, -0.2) is 27.0 Å². The molecule has 1 aliphatic rings. The van der Waals surface area contributed by atoms with E-state index in [0.29, 0.717) is 6.42 Å². The average Bonchev–Trinajstić information content (AvgIpc) is 2.52. The van der Waals surface area contributed by atoms with Crippen LogP contribution in [0.5, 0.6) is 0 Å². The molecule has 0 spiro atoms. The van der Waals surface area contributed by atoms with Crippen molar-refractivity contribution in [2.75, 3.05) is 7.11 Å². The Bertz CT molecular complexity index is 516. The summed E-state index contributed by atoms with van der Waals surface area (Å²) in [6.45, 7) is 2.98. The number of carbonyl (C=O) groups is 1. The van der Waals surface area contributed by atoms with Gasteiger partial charge in [-0.2, -0.15) is 21.6 Å². The maximum atomic E-state index is 12.3. The minimum absolute atomic E-state index is 0.0996. The maximum absolute atomic E-state index is 12.3. The lowest BCUT2D eigenvalue weighted by molar-refractivity contribution is -0.136. The van der Waals surface area contributed by atoms with Crippen molar-refractivity contribution in [3.63, 3.8) is 0 Å².